The van der Waals surface area contributed by atoms with Gasteiger partial charge in [-0.2, -0.15) is 0 Å². The average Bonchev–Trinajstić information content (AvgIpc) is 2.27. The molecular weight excluding hydrogens is 172 g/mol. The zero-order valence-corrected chi connectivity index (χ0v) is 8.90. The Morgan fingerprint density at radius 3 is 2.43 bits per heavy atom. The van der Waals surface area contributed by atoms with Gasteiger partial charge in [-0.3, -0.25) is 0 Å². The van der Waals surface area contributed by atoms with Crippen LogP contribution in [0.5, 0.6) is 0 Å². The molecule has 1 rings (SSSR count). The molecule has 0 aliphatic heterocycles. The van der Waals surface area contributed by atoms with Crippen LogP contribution in [0.4, 0.5) is 0 Å². The van der Waals surface area contributed by atoms with Crippen molar-refractivity contribution in [2.75, 3.05) is 0 Å². The van der Waals surface area contributed by atoms with Gasteiger partial charge in [-0.05, 0) is 12.0 Å². The van der Waals surface area contributed by atoms with E-state index in [2.05, 4.69) is 13.5 Å². The summed E-state index contributed by atoms with van der Waals surface area (Å²) in [4.78, 5) is 0. The molecule has 0 heterocycles. The molecule has 1 nitrogen and oxygen atoms in total. The molecule has 76 valence electrons. The number of hydrogen-bond donors (Lipinski definition) is 1. The SMILES string of the molecule is C=C(CC)[C@H](C)[C@@H](O)c1ccccc1. The molecule has 1 N–H and O–H groups in total. The van der Waals surface area contributed by atoms with E-state index in [1.165, 1.54) is 0 Å². The molecule has 2 atom stereocenters. The second-order valence-corrected chi connectivity index (χ2v) is 3.66. The van der Waals surface area contributed by atoms with Gasteiger partial charge in [0, 0.05) is 5.92 Å². The maximum Gasteiger partial charge on any atom is 0.0852 e. The van der Waals surface area contributed by atoms with Crippen molar-refractivity contribution in [1.29, 1.82) is 0 Å². The Labute approximate surface area is 86.1 Å². The van der Waals surface area contributed by atoms with E-state index in [9.17, 15) is 5.11 Å². The van der Waals surface area contributed by atoms with Crippen LogP contribution in [0.15, 0.2) is 42.5 Å². The van der Waals surface area contributed by atoms with Crippen molar-refractivity contribution in [3.8, 4) is 0 Å². The normalized spacial score (nSPS) is 14.8. The summed E-state index contributed by atoms with van der Waals surface area (Å²) < 4.78 is 0. The molecule has 14 heavy (non-hydrogen) atoms. The summed E-state index contributed by atoms with van der Waals surface area (Å²) in [6.45, 7) is 8.04. The number of hydrogen-bond acceptors (Lipinski definition) is 1. The van der Waals surface area contributed by atoms with E-state index in [1.807, 2.05) is 37.3 Å². The van der Waals surface area contributed by atoms with Crippen LogP contribution < -0.4 is 0 Å². The Kier molecular flexibility index (Phi) is 3.90. The lowest BCUT2D eigenvalue weighted by Crippen LogP contribution is -2.10. The fourth-order valence-corrected chi connectivity index (χ4v) is 1.48. The molecule has 0 unspecified atom stereocenters. The lowest BCUT2D eigenvalue weighted by atomic mass is 9.90. The Balaban J connectivity index is 2.75. The Hall–Kier alpha value is -1.08. The fraction of sp³-hybridized carbons (Fsp3) is 0.385. The van der Waals surface area contributed by atoms with Crippen LogP contribution in [0.25, 0.3) is 0 Å². The highest BCUT2D eigenvalue weighted by Crippen LogP contribution is 2.27. The molecule has 0 amide bonds. The molecule has 1 heteroatoms. The Morgan fingerprint density at radius 1 is 1.36 bits per heavy atom. The molecule has 1 aromatic rings. The van der Waals surface area contributed by atoms with Gasteiger partial charge in [-0.25, -0.2) is 0 Å². The highest BCUT2D eigenvalue weighted by atomic mass is 16.3. The van der Waals surface area contributed by atoms with Crippen molar-refractivity contribution in [2.45, 2.75) is 26.4 Å². The van der Waals surface area contributed by atoms with Crippen molar-refractivity contribution in [2.24, 2.45) is 5.92 Å². The highest BCUT2D eigenvalue weighted by Gasteiger charge is 2.17. The van der Waals surface area contributed by atoms with Crippen LogP contribution >= 0.6 is 0 Å². The molecule has 0 bridgehead atoms. The van der Waals surface area contributed by atoms with Gasteiger partial charge in [-0.15, -0.1) is 0 Å². The van der Waals surface area contributed by atoms with Crippen molar-refractivity contribution >= 4 is 0 Å². The third kappa shape index (κ3) is 2.46. The maximum absolute atomic E-state index is 10.0. The van der Waals surface area contributed by atoms with E-state index in [1.54, 1.807) is 0 Å². The van der Waals surface area contributed by atoms with Crippen molar-refractivity contribution < 1.29 is 5.11 Å². The number of rotatable bonds is 4. The molecule has 0 saturated heterocycles. The topological polar surface area (TPSA) is 20.2 Å². The molecule has 0 aromatic heterocycles. The minimum absolute atomic E-state index is 0.127. The van der Waals surface area contributed by atoms with Crippen LogP contribution in [0.3, 0.4) is 0 Å². The third-order valence-electron chi connectivity index (χ3n) is 2.71. The van der Waals surface area contributed by atoms with Crippen LogP contribution in [0.2, 0.25) is 0 Å². The van der Waals surface area contributed by atoms with Gasteiger partial charge in [0.05, 0.1) is 6.10 Å². The molecule has 0 saturated carbocycles. The summed E-state index contributed by atoms with van der Waals surface area (Å²) in [6, 6.07) is 9.74. The minimum atomic E-state index is -0.427. The van der Waals surface area contributed by atoms with E-state index in [-0.39, 0.29) is 5.92 Å². The van der Waals surface area contributed by atoms with Crippen molar-refractivity contribution in [3.63, 3.8) is 0 Å². The van der Waals surface area contributed by atoms with Crippen LogP contribution in [0.1, 0.15) is 31.9 Å². The molecule has 1 aromatic carbocycles. The van der Waals surface area contributed by atoms with Gasteiger partial charge < -0.3 is 5.11 Å². The van der Waals surface area contributed by atoms with Gasteiger partial charge in [0.25, 0.3) is 0 Å². The summed E-state index contributed by atoms with van der Waals surface area (Å²) in [5.41, 5.74) is 2.07. The summed E-state index contributed by atoms with van der Waals surface area (Å²) in [6.07, 6.45) is 0.495. The predicted octanol–water partition coefficient (Wildman–Crippen LogP) is 3.32. The van der Waals surface area contributed by atoms with Gasteiger partial charge >= 0.3 is 0 Å². The molecular formula is C13H18O. The lowest BCUT2D eigenvalue weighted by molar-refractivity contribution is 0.133. The van der Waals surface area contributed by atoms with E-state index < -0.39 is 6.10 Å². The first-order valence-electron chi connectivity index (χ1n) is 5.07. The Morgan fingerprint density at radius 2 is 1.93 bits per heavy atom. The molecule has 0 radical (unpaired) electrons. The zero-order valence-electron chi connectivity index (χ0n) is 8.90. The lowest BCUT2D eigenvalue weighted by Gasteiger charge is -2.20. The minimum Gasteiger partial charge on any atom is -0.388 e. The van der Waals surface area contributed by atoms with E-state index >= 15 is 0 Å². The highest BCUT2D eigenvalue weighted by molar-refractivity contribution is 5.20. The van der Waals surface area contributed by atoms with Crippen LogP contribution in [-0.4, -0.2) is 5.11 Å². The summed E-state index contributed by atoms with van der Waals surface area (Å²) in [7, 11) is 0. The predicted molar refractivity (Wildman–Crippen MR) is 60.0 cm³/mol. The van der Waals surface area contributed by atoms with Crippen LogP contribution in [-0.2, 0) is 0 Å². The van der Waals surface area contributed by atoms with Gasteiger partial charge in [0.2, 0.25) is 0 Å². The van der Waals surface area contributed by atoms with Crippen molar-refractivity contribution in [3.05, 3.63) is 48.0 Å². The quantitative estimate of drug-likeness (QED) is 0.722. The van der Waals surface area contributed by atoms with E-state index in [0.717, 1.165) is 17.6 Å². The molecule has 0 aliphatic rings. The monoisotopic (exact) mass is 190 g/mol. The first-order valence-corrected chi connectivity index (χ1v) is 5.07. The number of aliphatic hydroxyl groups is 1. The zero-order chi connectivity index (χ0) is 10.6. The van der Waals surface area contributed by atoms with Gasteiger partial charge in [0.15, 0.2) is 0 Å². The number of benzene rings is 1. The summed E-state index contributed by atoms with van der Waals surface area (Å²) in [5, 5.41) is 10.0. The second-order valence-electron chi connectivity index (χ2n) is 3.66. The van der Waals surface area contributed by atoms with Crippen molar-refractivity contribution in [1.82, 2.24) is 0 Å². The smallest absolute Gasteiger partial charge is 0.0852 e. The second kappa shape index (κ2) is 4.97. The van der Waals surface area contributed by atoms with Crippen LogP contribution in [0, 0.1) is 5.92 Å². The van der Waals surface area contributed by atoms with Gasteiger partial charge in [-0.1, -0.05) is 56.3 Å². The largest absolute Gasteiger partial charge is 0.388 e. The standard InChI is InChI=1S/C13H18O/c1-4-10(2)11(3)13(14)12-8-6-5-7-9-12/h5-9,11,13-14H,2,4H2,1,3H3/t11-,13+/m0/s1. The summed E-state index contributed by atoms with van der Waals surface area (Å²) in [5.74, 6) is 0.127. The third-order valence-corrected chi connectivity index (χ3v) is 2.71. The van der Waals surface area contributed by atoms with E-state index in [4.69, 9.17) is 0 Å². The van der Waals surface area contributed by atoms with Gasteiger partial charge in [0.1, 0.15) is 0 Å². The fourth-order valence-electron chi connectivity index (χ4n) is 1.48. The number of aliphatic hydroxyl groups excluding tert-OH is 1. The molecule has 0 spiro atoms. The Bertz CT molecular complexity index is 289. The maximum atomic E-state index is 10.0. The molecule has 0 aliphatic carbocycles. The van der Waals surface area contributed by atoms with E-state index in [0.29, 0.717) is 0 Å². The summed E-state index contributed by atoms with van der Waals surface area (Å²) >= 11 is 0. The first kappa shape index (κ1) is 11.0. The average molecular weight is 190 g/mol. The first-order chi connectivity index (χ1) is 6.66. The molecule has 0 fully saturated rings.